The van der Waals surface area contributed by atoms with Crippen molar-refractivity contribution in [1.82, 2.24) is 15.2 Å². The number of amides is 1. The third-order valence-corrected chi connectivity index (χ3v) is 5.11. The van der Waals surface area contributed by atoms with Gasteiger partial charge in [-0.1, -0.05) is 36.8 Å². The number of carbonyl (C=O) groups excluding carboxylic acids is 1. The average Bonchev–Trinajstić information content (AvgIpc) is 3.09. The van der Waals surface area contributed by atoms with Crippen LogP contribution in [0.4, 0.5) is 0 Å². The fraction of sp³-hybridized carbons (Fsp3) is 0.444. The van der Waals surface area contributed by atoms with Gasteiger partial charge in [-0.25, -0.2) is 4.98 Å². The molecule has 2 heterocycles. The van der Waals surface area contributed by atoms with Crippen LogP contribution in [0.5, 0.6) is 0 Å². The van der Waals surface area contributed by atoms with Crippen molar-refractivity contribution in [3.8, 4) is 0 Å². The zero-order chi connectivity index (χ0) is 15.9. The SMILES string of the molecule is O=C(NCCc1nccs1)[C@@H]1CCCCN1Cc1ccccc1. The molecular formula is C18H23N3OS. The van der Waals surface area contributed by atoms with Crippen molar-refractivity contribution in [1.29, 1.82) is 0 Å². The maximum atomic E-state index is 12.6. The van der Waals surface area contributed by atoms with E-state index in [1.54, 1.807) is 11.3 Å². The molecule has 1 N–H and O–H groups in total. The average molecular weight is 329 g/mol. The molecule has 1 aromatic carbocycles. The highest BCUT2D eigenvalue weighted by molar-refractivity contribution is 7.09. The number of carbonyl (C=O) groups is 1. The third-order valence-electron chi connectivity index (χ3n) is 4.27. The molecule has 2 aromatic rings. The molecule has 0 bridgehead atoms. The van der Waals surface area contributed by atoms with Crippen molar-refractivity contribution in [2.24, 2.45) is 0 Å². The Bertz CT molecular complexity index is 600. The van der Waals surface area contributed by atoms with E-state index in [0.717, 1.165) is 37.4 Å². The standard InChI is InChI=1S/C18H23N3OS/c22-18(20-10-9-17-19-11-13-23-17)16-8-4-5-12-21(16)14-15-6-2-1-3-7-15/h1-3,6-7,11,13,16H,4-5,8-10,12,14H2,(H,20,22)/t16-/m0/s1. The molecule has 1 aromatic heterocycles. The minimum Gasteiger partial charge on any atom is -0.354 e. The lowest BCUT2D eigenvalue weighted by molar-refractivity contribution is -0.127. The number of hydrogen-bond donors (Lipinski definition) is 1. The molecule has 0 unspecified atom stereocenters. The molecule has 1 aliphatic rings. The van der Waals surface area contributed by atoms with Crippen molar-refractivity contribution in [2.75, 3.05) is 13.1 Å². The monoisotopic (exact) mass is 329 g/mol. The summed E-state index contributed by atoms with van der Waals surface area (Å²) in [6.07, 6.45) is 5.89. The molecule has 4 nitrogen and oxygen atoms in total. The summed E-state index contributed by atoms with van der Waals surface area (Å²) in [6, 6.07) is 10.4. The van der Waals surface area contributed by atoms with Gasteiger partial charge in [0, 0.05) is 31.1 Å². The molecule has 0 saturated carbocycles. The Balaban J connectivity index is 1.53. The fourth-order valence-electron chi connectivity index (χ4n) is 3.08. The maximum absolute atomic E-state index is 12.6. The van der Waals surface area contributed by atoms with Gasteiger partial charge in [0.05, 0.1) is 11.0 Å². The Kier molecular flexibility index (Phi) is 5.77. The Morgan fingerprint density at radius 2 is 2.17 bits per heavy atom. The van der Waals surface area contributed by atoms with Crippen molar-refractivity contribution in [2.45, 2.75) is 38.3 Å². The normalized spacial score (nSPS) is 18.7. The van der Waals surface area contributed by atoms with Gasteiger partial charge in [0.1, 0.15) is 0 Å². The van der Waals surface area contributed by atoms with E-state index in [-0.39, 0.29) is 11.9 Å². The Morgan fingerprint density at radius 3 is 2.96 bits per heavy atom. The predicted molar refractivity (Wildman–Crippen MR) is 93.3 cm³/mol. The number of benzene rings is 1. The molecule has 1 amide bonds. The van der Waals surface area contributed by atoms with Gasteiger partial charge in [-0.15, -0.1) is 11.3 Å². The van der Waals surface area contributed by atoms with Crippen LogP contribution >= 0.6 is 11.3 Å². The number of nitrogens with zero attached hydrogens (tertiary/aromatic N) is 2. The number of nitrogens with one attached hydrogen (secondary N) is 1. The molecule has 122 valence electrons. The first kappa shape index (κ1) is 16.1. The molecule has 23 heavy (non-hydrogen) atoms. The van der Waals surface area contributed by atoms with E-state index in [2.05, 4.69) is 39.5 Å². The van der Waals surface area contributed by atoms with Gasteiger partial charge < -0.3 is 5.32 Å². The molecule has 3 rings (SSSR count). The number of hydrogen-bond acceptors (Lipinski definition) is 4. The Labute approximate surface area is 141 Å². The van der Waals surface area contributed by atoms with Gasteiger partial charge in [0.2, 0.25) is 5.91 Å². The minimum atomic E-state index is 0.000232. The zero-order valence-electron chi connectivity index (χ0n) is 13.3. The van der Waals surface area contributed by atoms with E-state index in [1.165, 1.54) is 12.0 Å². The summed E-state index contributed by atoms with van der Waals surface area (Å²) >= 11 is 1.64. The van der Waals surface area contributed by atoms with Gasteiger partial charge in [-0.2, -0.15) is 0 Å². The molecular weight excluding hydrogens is 306 g/mol. The molecule has 1 aliphatic heterocycles. The largest absolute Gasteiger partial charge is 0.354 e. The topological polar surface area (TPSA) is 45.2 Å². The molecule has 0 spiro atoms. The molecule has 1 saturated heterocycles. The van der Waals surface area contributed by atoms with Crippen molar-refractivity contribution >= 4 is 17.2 Å². The van der Waals surface area contributed by atoms with Crippen LogP contribution in [0.3, 0.4) is 0 Å². The lowest BCUT2D eigenvalue weighted by atomic mass is 10.0. The highest BCUT2D eigenvalue weighted by Gasteiger charge is 2.28. The van der Waals surface area contributed by atoms with E-state index >= 15 is 0 Å². The van der Waals surface area contributed by atoms with Crippen LogP contribution in [-0.4, -0.2) is 34.9 Å². The first-order valence-electron chi connectivity index (χ1n) is 8.27. The number of likely N-dealkylation sites (tertiary alicyclic amines) is 1. The summed E-state index contributed by atoms with van der Waals surface area (Å²) in [5.41, 5.74) is 1.27. The van der Waals surface area contributed by atoms with Gasteiger partial charge in [0.15, 0.2) is 0 Å². The number of aromatic nitrogens is 1. The summed E-state index contributed by atoms with van der Waals surface area (Å²) in [5.74, 6) is 0.164. The zero-order valence-corrected chi connectivity index (χ0v) is 14.1. The van der Waals surface area contributed by atoms with Gasteiger partial charge in [-0.3, -0.25) is 9.69 Å². The number of thiazole rings is 1. The van der Waals surface area contributed by atoms with Crippen LogP contribution in [-0.2, 0) is 17.8 Å². The first-order chi connectivity index (χ1) is 11.3. The van der Waals surface area contributed by atoms with Gasteiger partial charge >= 0.3 is 0 Å². The summed E-state index contributed by atoms with van der Waals surface area (Å²) in [4.78, 5) is 19.1. The van der Waals surface area contributed by atoms with E-state index in [9.17, 15) is 4.79 Å². The van der Waals surface area contributed by atoms with Crippen LogP contribution in [0.1, 0.15) is 29.8 Å². The maximum Gasteiger partial charge on any atom is 0.237 e. The molecule has 5 heteroatoms. The van der Waals surface area contributed by atoms with Gasteiger partial charge in [0.25, 0.3) is 0 Å². The quantitative estimate of drug-likeness (QED) is 0.886. The second-order valence-electron chi connectivity index (χ2n) is 5.93. The van der Waals surface area contributed by atoms with E-state index in [4.69, 9.17) is 0 Å². The first-order valence-corrected chi connectivity index (χ1v) is 9.15. The second-order valence-corrected chi connectivity index (χ2v) is 6.91. The van der Waals surface area contributed by atoms with Gasteiger partial charge in [-0.05, 0) is 24.9 Å². The highest BCUT2D eigenvalue weighted by atomic mass is 32.1. The Morgan fingerprint density at radius 1 is 1.30 bits per heavy atom. The predicted octanol–water partition coefficient (Wildman–Crippen LogP) is 2.86. The van der Waals surface area contributed by atoms with Crippen molar-refractivity contribution < 1.29 is 4.79 Å². The lowest BCUT2D eigenvalue weighted by Crippen LogP contribution is -2.49. The van der Waals surface area contributed by atoms with Crippen LogP contribution < -0.4 is 5.32 Å². The minimum absolute atomic E-state index is 0.000232. The molecule has 0 aliphatic carbocycles. The summed E-state index contributed by atoms with van der Waals surface area (Å²) < 4.78 is 0. The summed E-state index contributed by atoms with van der Waals surface area (Å²) in [5, 5.41) is 6.14. The number of piperidine rings is 1. The number of rotatable bonds is 6. The molecule has 1 atom stereocenters. The summed E-state index contributed by atoms with van der Waals surface area (Å²) in [6.45, 7) is 2.52. The Hall–Kier alpha value is -1.72. The van der Waals surface area contributed by atoms with Crippen LogP contribution in [0.2, 0.25) is 0 Å². The molecule has 1 fully saturated rings. The van der Waals surface area contributed by atoms with Crippen LogP contribution in [0, 0.1) is 0 Å². The fourth-order valence-corrected chi connectivity index (χ4v) is 3.70. The van der Waals surface area contributed by atoms with Crippen LogP contribution in [0.15, 0.2) is 41.9 Å². The van der Waals surface area contributed by atoms with Crippen molar-refractivity contribution in [3.63, 3.8) is 0 Å². The third kappa shape index (κ3) is 4.62. The highest BCUT2D eigenvalue weighted by Crippen LogP contribution is 2.20. The molecule has 0 radical (unpaired) electrons. The van der Waals surface area contributed by atoms with E-state index < -0.39 is 0 Å². The lowest BCUT2D eigenvalue weighted by Gasteiger charge is -2.34. The van der Waals surface area contributed by atoms with E-state index in [0.29, 0.717) is 6.54 Å². The van der Waals surface area contributed by atoms with Crippen molar-refractivity contribution in [3.05, 3.63) is 52.5 Å². The van der Waals surface area contributed by atoms with E-state index in [1.807, 2.05) is 17.6 Å². The second kappa shape index (κ2) is 8.22. The van der Waals surface area contributed by atoms with Crippen LogP contribution in [0.25, 0.3) is 0 Å². The summed E-state index contributed by atoms with van der Waals surface area (Å²) in [7, 11) is 0. The smallest absolute Gasteiger partial charge is 0.237 e.